The predicted molar refractivity (Wildman–Crippen MR) is 86.3 cm³/mol. The van der Waals surface area contributed by atoms with Crippen molar-refractivity contribution in [2.24, 2.45) is 5.10 Å². The summed E-state index contributed by atoms with van der Waals surface area (Å²) in [7, 11) is 1.36. The number of nitrogens with one attached hydrogen (secondary N) is 2. The quantitative estimate of drug-likeness (QED) is 0.449. The number of nitrogens with zero attached hydrogens (tertiary/aromatic N) is 1. The van der Waals surface area contributed by atoms with Crippen molar-refractivity contribution >= 4 is 34.0 Å². The van der Waals surface area contributed by atoms with Crippen molar-refractivity contribution in [1.82, 2.24) is 10.7 Å². The molecule has 2 N–H and O–H groups in total. The third kappa shape index (κ3) is 5.03. The highest BCUT2D eigenvalue weighted by Gasteiger charge is 2.12. The molecule has 0 fully saturated rings. The van der Waals surface area contributed by atoms with Gasteiger partial charge in [-0.1, -0.05) is 0 Å². The number of hydrogen-bond acceptors (Lipinski definition) is 5. The number of hydrogen-bond donors (Lipinski definition) is 2. The SMILES string of the molecule is CCOc1cc(/C=N\NC(=O)C(=O)NC)cc(Br)c1OCC. The molecule has 0 bridgehead atoms. The minimum Gasteiger partial charge on any atom is -0.490 e. The lowest BCUT2D eigenvalue weighted by Gasteiger charge is -2.13. The molecule has 0 saturated heterocycles. The number of carbonyl (C=O) groups is 2. The second kappa shape index (κ2) is 9.04. The summed E-state index contributed by atoms with van der Waals surface area (Å²) in [5, 5.41) is 5.93. The first-order valence-electron chi connectivity index (χ1n) is 6.67. The normalized spacial score (nSPS) is 10.4. The van der Waals surface area contributed by atoms with E-state index in [0.717, 1.165) is 0 Å². The maximum absolute atomic E-state index is 11.2. The van der Waals surface area contributed by atoms with Crippen LogP contribution < -0.4 is 20.2 Å². The Balaban J connectivity index is 2.91. The van der Waals surface area contributed by atoms with Gasteiger partial charge in [0.25, 0.3) is 0 Å². The lowest BCUT2D eigenvalue weighted by atomic mass is 10.2. The van der Waals surface area contributed by atoms with E-state index in [1.807, 2.05) is 13.8 Å². The zero-order chi connectivity index (χ0) is 16.5. The third-order valence-electron chi connectivity index (χ3n) is 2.43. The lowest BCUT2D eigenvalue weighted by Crippen LogP contribution is -2.35. The van der Waals surface area contributed by atoms with Gasteiger partial charge in [-0.15, -0.1) is 0 Å². The van der Waals surface area contributed by atoms with E-state index in [0.29, 0.717) is 34.7 Å². The first-order valence-corrected chi connectivity index (χ1v) is 7.47. The summed E-state index contributed by atoms with van der Waals surface area (Å²) < 4.78 is 11.8. The van der Waals surface area contributed by atoms with Gasteiger partial charge < -0.3 is 14.8 Å². The van der Waals surface area contributed by atoms with Crippen LogP contribution >= 0.6 is 15.9 Å². The summed E-state index contributed by atoms with van der Waals surface area (Å²) in [6, 6.07) is 3.50. The summed E-state index contributed by atoms with van der Waals surface area (Å²) in [5.74, 6) is -0.428. The van der Waals surface area contributed by atoms with Crippen LogP contribution in [0.15, 0.2) is 21.7 Å². The van der Waals surface area contributed by atoms with Crippen LogP contribution in [-0.4, -0.2) is 38.3 Å². The second-order valence-corrected chi connectivity index (χ2v) is 4.83. The van der Waals surface area contributed by atoms with Crippen molar-refractivity contribution in [3.05, 3.63) is 22.2 Å². The second-order valence-electron chi connectivity index (χ2n) is 3.97. The number of amides is 2. The molecule has 0 spiro atoms. The maximum atomic E-state index is 11.2. The average Bonchev–Trinajstić information content (AvgIpc) is 2.50. The monoisotopic (exact) mass is 371 g/mol. The van der Waals surface area contributed by atoms with E-state index in [4.69, 9.17) is 9.47 Å². The molecule has 0 aliphatic heterocycles. The zero-order valence-corrected chi connectivity index (χ0v) is 14.2. The van der Waals surface area contributed by atoms with Crippen LogP contribution in [0.4, 0.5) is 0 Å². The van der Waals surface area contributed by atoms with Gasteiger partial charge in [-0.3, -0.25) is 9.59 Å². The van der Waals surface area contributed by atoms with Crippen molar-refractivity contribution in [2.45, 2.75) is 13.8 Å². The number of benzene rings is 1. The van der Waals surface area contributed by atoms with E-state index in [-0.39, 0.29) is 0 Å². The molecule has 0 saturated carbocycles. The van der Waals surface area contributed by atoms with E-state index in [1.54, 1.807) is 12.1 Å². The number of hydrazone groups is 1. The summed E-state index contributed by atoms with van der Waals surface area (Å²) in [5.41, 5.74) is 2.80. The third-order valence-corrected chi connectivity index (χ3v) is 3.02. The minimum atomic E-state index is -0.839. The molecular formula is C14H18BrN3O4. The molecule has 8 heteroatoms. The van der Waals surface area contributed by atoms with Gasteiger partial charge in [-0.2, -0.15) is 5.10 Å². The number of carbonyl (C=O) groups excluding carboxylic acids is 2. The Hall–Kier alpha value is -2.09. The number of rotatable bonds is 6. The molecule has 0 aliphatic rings. The first-order chi connectivity index (χ1) is 10.5. The molecule has 22 heavy (non-hydrogen) atoms. The molecule has 0 radical (unpaired) electrons. The van der Waals surface area contributed by atoms with Crippen LogP contribution in [0.25, 0.3) is 0 Å². The summed E-state index contributed by atoms with van der Waals surface area (Å²) in [4.78, 5) is 22.3. The fourth-order valence-corrected chi connectivity index (χ4v) is 2.11. The predicted octanol–water partition coefficient (Wildman–Crippen LogP) is 1.44. The molecule has 1 aromatic rings. The Bertz CT molecular complexity index is 575. The average molecular weight is 372 g/mol. The molecule has 0 atom stereocenters. The Morgan fingerprint density at radius 1 is 1.23 bits per heavy atom. The summed E-state index contributed by atoms with van der Waals surface area (Å²) in [6.45, 7) is 4.74. The Labute approximate surface area is 137 Å². The smallest absolute Gasteiger partial charge is 0.329 e. The highest BCUT2D eigenvalue weighted by molar-refractivity contribution is 9.10. The first kappa shape index (κ1) is 18.0. The highest BCUT2D eigenvalue weighted by atomic mass is 79.9. The molecular weight excluding hydrogens is 354 g/mol. The van der Waals surface area contributed by atoms with Crippen LogP contribution in [0.1, 0.15) is 19.4 Å². The van der Waals surface area contributed by atoms with Gasteiger partial charge in [0.05, 0.1) is 23.9 Å². The topological polar surface area (TPSA) is 89.0 Å². The van der Waals surface area contributed by atoms with E-state index >= 15 is 0 Å². The van der Waals surface area contributed by atoms with Gasteiger partial charge in [-0.25, -0.2) is 5.43 Å². The molecule has 7 nitrogen and oxygen atoms in total. The van der Waals surface area contributed by atoms with Crippen molar-refractivity contribution in [3.63, 3.8) is 0 Å². The number of halogens is 1. The van der Waals surface area contributed by atoms with E-state index in [1.165, 1.54) is 13.3 Å². The van der Waals surface area contributed by atoms with Crippen molar-refractivity contribution in [2.75, 3.05) is 20.3 Å². The molecule has 2 amide bonds. The summed E-state index contributed by atoms with van der Waals surface area (Å²) in [6.07, 6.45) is 1.41. The van der Waals surface area contributed by atoms with Gasteiger partial charge in [0.15, 0.2) is 11.5 Å². The molecule has 0 unspecified atom stereocenters. The Kier molecular flexibility index (Phi) is 7.38. The van der Waals surface area contributed by atoms with Crippen molar-refractivity contribution < 1.29 is 19.1 Å². The molecule has 0 heterocycles. The van der Waals surface area contributed by atoms with Crippen molar-refractivity contribution in [3.8, 4) is 11.5 Å². The Morgan fingerprint density at radius 2 is 1.91 bits per heavy atom. The molecule has 1 rings (SSSR count). The molecule has 120 valence electrons. The highest BCUT2D eigenvalue weighted by Crippen LogP contribution is 2.36. The van der Waals surface area contributed by atoms with E-state index in [2.05, 4.69) is 31.8 Å². The van der Waals surface area contributed by atoms with Crippen LogP contribution in [0.5, 0.6) is 11.5 Å². The maximum Gasteiger partial charge on any atom is 0.329 e. The van der Waals surface area contributed by atoms with Gasteiger partial charge in [0.2, 0.25) is 0 Å². The van der Waals surface area contributed by atoms with Crippen molar-refractivity contribution in [1.29, 1.82) is 0 Å². The van der Waals surface area contributed by atoms with Gasteiger partial charge in [0, 0.05) is 7.05 Å². The molecule has 0 aromatic heterocycles. The van der Waals surface area contributed by atoms with E-state index in [9.17, 15) is 9.59 Å². The van der Waals surface area contributed by atoms with Gasteiger partial charge in [-0.05, 0) is 47.5 Å². The van der Waals surface area contributed by atoms with Crippen LogP contribution in [0, 0.1) is 0 Å². The van der Waals surface area contributed by atoms with E-state index < -0.39 is 11.8 Å². The van der Waals surface area contributed by atoms with Gasteiger partial charge >= 0.3 is 11.8 Å². The van der Waals surface area contributed by atoms with Crippen LogP contribution in [0.3, 0.4) is 0 Å². The Morgan fingerprint density at radius 3 is 2.50 bits per heavy atom. The standard InChI is InChI=1S/C14H18BrN3O4/c1-4-21-11-7-9(6-10(15)12(11)22-5-2)8-17-18-14(20)13(19)16-3/h6-8H,4-5H2,1-3H3,(H,16,19)(H,18,20)/b17-8-. The summed E-state index contributed by atoms with van der Waals surface area (Å²) >= 11 is 3.41. The lowest BCUT2D eigenvalue weighted by molar-refractivity contribution is -0.138. The fraction of sp³-hybridized carbons (Fsp3) is 0.357. The molecule has 1 aromatic carbocycles. The minimum absolute atomic E-state index is 0.487. The number of ether oxygens (including phenoxy) is 2. The largest absolute Gasteiger partial charge is 0.490 e. The zero-order valence-electron chi connectivity index (χ0n) is 12.6. The fourth-order valence-electron chi connectivity index (χ4n) is 1.54. The van der Waals surface area contributed by atoms with Crippen LogP contribution in [0.2, 0.25) is 0 Å². The van der Waals surface area contributed by atoms with Crippen LogP contribution in [-0.2, 0) is 9.59 Å². The molecule has 0 aliphatic carbocycles. The van der Waals surface area contributed by atoms with Gasteiger partial charge in [0.1, 0.15) is 0 Å². The number of likely N-dealkylation sites (N-methyl/N-ethyl adjacent to an activating group) is 1.